The summed E-state index contributed by atoms with van der Waals surface area (Å²) in [7, 11) is 2.05. The van der Waals surface area contributed by atoms with Crippen molar-refractivity contribution in [2.75, 3.05) is 125 Å². The van der Waals surface area contributed by atoms with Gasteiger partial charge in [0.1, 0.15) is 0 Å². The Morgan fingerprint density at radius 1 is 0.466 bits per heavy atom. The highest BCUT2D eigenvalue weighted by Crippen LogP contribution is 2.29. The lowest BCUT2D eigenvalue weighted by atomic mass is 9.95. The fourth-order valence-electron chi connectivity index (χ4n) is 12.8. The molecule has 434 valence electrons. The molecule has 0 aromatic heterocycles. The topological polar surface area (TPSA) is 137 Å². The predicted molar refractivity (Wildman–Crippen MR) is 319 cm³/mol. The number of likely N-dealkylation sites (tertiary alicyclic amines) is 7. The highest BCUT2D eigenvalue weighted by Gasteiger charge is 2.38. The van der Waals surface area contributed by atoms with Crippen LogP contribution in [0, 0.1) is 29.6 Å². The Morgan fingerprint density at radius 2 is 0.959 bits per heavy atom. The summed E-state index contributed by atoms with van der Waals surface area (Å²) >= 11 is 0. The van der Waals surface area contributed by atoms with Crippen molar-refractivity contribution in [3.63, 3.8) is 0 Å². The molecule has 9 atom stereocenters. The van der Waals surface area contributed by atoms with Gasteiger partial charge in [-0.25, -0.2) is 0 Å². The number of rotatable bonds is 11. The molecule has 13 nitrogen and oxygen atoms in total. The first kappa shape index (κ1) is 66.8. The van der Waals surface area contributed by atoms with Gasteiger partial charge < -0.3 is 47.9 Å². The molecule has 0 amide bonds. The Bertz CT molecular complexity index is 1290. The normalized spacial score (nSPS) is 31.4. The summed E-state index contributed by atoms with van der Waals surface area (Å²) < 4.78 is 0. The first-order chi connectivity index (χ1) is 34.7. The lowest BCUT2D eigenvalue weighted by molar-refractivity contribution is 0.138. The molecule has 0 aliphatic carbocycles. The summed E-state index contributed by atoms with van der Waals surface area (Å²) in [6, 6.07) is 7.89. The molecule has 0 aromatic rings. The van der Waals surface area contributed by atoms with E-state index in [0.717, 1.165) is 91.5 Å². The van der Waals surface area contributed by atoms with Crippen LogP contribution in [0.25, 0.3) is 0 Å². The van der Waals surface area contributed by atoms with E-state index in [9.17, 15) is 0 Å². The van der Waals surface area contributed by atoms with Gasteiger partial charge in [-0.2, -0.15) is 0 Å². The molecule has 0 saturated carbocycles. The molecule has 9 heterocycles. The summed E-state index contributed by atoms with van der Waals surface area (Å²) in [4.78, 5) is 17.8. The van der Waals surface area contributed by atoms with E-state index >= 15 is 0 Å². The van der Waals surface area contributed by atoms with Gasteiger partial charge in [0.15, 0.2) is 0 Å². The minimum absolute atomic E-state index is 0.437. The van der Waals surface area contributed by atoms with Crippen LogP contribution in [-0.2, 0) is 0 Å². The van der Waals surface area contributed by atoms with Crippen LogP contribution in [0.4, 0.5) is 0 Å². The molecule has 0 spiro atoms. The molecule has 9 fully saturated rings. The Hall–Kier alpha value is -0.520. The van der Waals surface area contributed by atoms with Gasteiger partial charge in [0, 0.05) is 119 Å². The van der Waals surface area contributed by atoms with Gasteiger partial charge in [0.25, 0.3) is 0 Å². The van der Waals surface area contributed by atoms with Gasteiger partial charge >= 0.3 is 0 Å². The van der Waals surface area contributed by atoms with Gasteiger partial charge in [0.2, 0.25) is 0 Å². The van der Waals surface area contributed by atoms with Crippen molar-refractivity contribution in [3.8, 4) is 0 Å². The van der Waals surface area contributed by atoms with Crippen LogP contribution in [0.15, 0.2) is 0 Å². The fourth-order valence-corrected chi connectivity index (χ4v) is 12.8. The molecule has 9 rings (SSSR count). The monoisotopic (exact) mass is 1030 g/mol. The molecule has 9 N–H and O–H groups in total. The van der Waals surface area contributed by atoms with Crippen LogP contribution < -0.4 is 33.2 Å². The Labute approximate surface area is 454 Å². The van der Waals surface area contributed by atoms with Crippen LogP contribution in [0.5, 0.6) is 0 Å². The van der Waals surface area contributed by atoms with E-state index in [4.69, 9.17) is 17.2 Å². The van der Waals surface area contributed by atoms with Gasteiger partial charge in [-0.1, -0.05) is 13.3 Å². The molecule has 0 bridgehead atoms. The van der Waals surface area contributed by atoms with Crippen molar-refractivity contribution in [1.29, 1.82) is 0 Å². The average molecular weight is 1030 g/mol. The van der Waals surface area contributed by atoms with E-state index in [1.54, 1.807) is 0 Å². The highest BCUT2D eigenvalue weighted by molar-refractivity contribution is 4.96. The maximum absolute atomic E-state index is 5.72. The molecular weight excluding hydrogens is 903 g/mol. The number of nitrogens with one attached hydrogen (secondary N) is 3. The summed E-state index contributed by atoms with van der Waals surface area (Å²) in [6.45, 7) is 55.9. The van der Waals surface area contributed by atoms with Gasteiger partial charge in [0.05, 0.1) is 0 Å². The minimum Gasteiger partial charge on any atom is -0.330 e. The molecular formula is C60H129N13. The van der Waals surface area contributed by atoms with Gasteiger partial charge in [-0.15, -0.1) is 0 Å². The van der Waals surface area contributed by atoms with Crippen LogP contribution >= 0.6 is 0 Å². The van der Waals surface area contributed by atoms with E-state index in [1.165, 1.54) is 162 Å². The molecule has 9 saturated heterocycles. The van der Waals surface area contributed by atoms with E-state index < -0.39 is 0 Å². The number of fused-ring (bicyclic) bond motifs is 2. The number of nitrogens with zero attached hydrogens (tertiary/aromatic N) is 7. The molecule has 9 aliphatic heterocycles. The third-order valence-corrected chi connectivity index (χ3v) is 18.5. The lowest BCUT2D eigenvalue weighted by Crippen LogP contribution is -2.42. The van der Waals surface area contributed by atoms with Crippen molar-refractivity contribution in [1.82, 2.24) is 50.2 Å². The molecule has 13 heteroatoms. The van der Waals surface area contributed by atoms with Crippen molar-refractivity contribution < 1.29 is 0 Å². The summed E-state index contributed by atoms with van der Waals surface area (Å²) in [5.41, 5.74) is 16.9. The second-order valence-electron chi connectivity index (χ2n) is 26.1. The molecule has 73 heavy (non-hydrogen) atoms. The quantitative estimate of drug-likeness (QED) is 0.130. The van der Waals surface area contributed by atoms with E-state index in [2.05, 4.69) is 161 Å². The van der Waals surface area contributed by atoms with Crippen LogP contribution in [0.2, 0.25) is 0 Å². The first-order valence-corrected chi connectivity index (χ1v) is 31.2. The number of nitrogens with two attached hydrogens (primary N) is 3. The number of hydrogen-bond donors (Lipinski definition) is 6. The zero-order valence-corrected chi connectivity index (χ0v) is 51.4. The smallest absolute Gasteiger partial charge is 0.0264 e. The summed E-state index contributed by atoms with van der Waals surface area (Å²) in [5, 5.41) is 10.3. The zero-order chi connectivity index (χ0) is 54.2. The molecule has 0 aromatic carbocycles. The average Bonchev–Trinajstić information content (AvgIpc) is 4.23. The Morgan fingerprint density at radius 3 is 1.38 bits per heavy atom. The van der Waals surface area contributed by atoms with Crippen molar-refractivity contribution in [2.24, 2.45) is 46.8 Å². The van der Waals surface area contributed by atoms with Gasteiger partial charge in [-0.05, 0) is 257 Å². The number of piperidine rings is 2. The van der Waals surface area contributed by atoms with E-state index in [0.29, 0.717) is 24.2 Å². The summed E-state index contributed by atoms with van der Waals surface area (Å²) in [5.74, 6) is 4.41. The zero-order valence-electron chi connectivity index (χ0n) is 51.4. The largest absolute Gasteiger partial charge is 0.330 e. The van der Waals surface area contributed by atoms with Crippen molar-refractivity contribution >= 4 is 0 Å². The highest BCUT2D eigenvalue weighted by atomic mass is 15.3. The Kier molecular flexibility index (Phi) is 32.8. The maximum Gasteiger partial charge on any atom is 0.0264 e. The van der Waals surface area contributed by atoms with Crippen LogP contribution in [0.3, 0.4) is 0 Å². The molecule has 9 aliphatic rings. The second-order valence-corrected chi connectivity index (χ2v) is 26.1. The van der Waals surface area contributed by atoms with Gasteiger partial charge in [-0.3, -0.25) is 19.6 Å². The van der Waals surface area contributed by atoms with E-state index in [-0.39, 0.29) is 0 Å². The standard InChI is InChI=1S/C10H21N.2C9H18N2.C9H20N2.2C8H18N2.C7H16N2/c1-4-10-6-5-7-11(8-10)9(2)3;1-7(2)11-4-3-8-5-10-6-9(8)11;1-7(2)11-5-8-3-4-10-9(8)6-11;1-8(2)11-5-3-4-9(6-10)7-11;1-7(2)10-5-4-8(6-10)9-3;1-7(2)10-4-3-8(5-9)6-10;1-6(2)9-4-3-7(8)5-9/h9-10H,4-8H2,1-3H3;2*7-10H,3-6H2,1-2H3;8-9H,3-7,10H2,1-2H3;7-9H,4-6H2,1-3H3;7-8H,3-6,9H2,1-2H3;6-7H,3-5,8H2,1-2H3/t10-;2*8-,9+;9-;2*8-;7-/m0101010/s1. The maximum atomic E-state index is 5.72. The van der Waals surface area contributed by atoms with Crippen molar-refractivity contribution in [3.05, 3.63) is 0 Å². The van der Waals surface area contributed by atoms with Crippen molar-refractivity contribution in [2.45, 2.75) is 235 Å². The SMILES string of the molecule is CC(C)N1CCC[C@H](CN)C1.CC(C)N1CC[C@@H]2CNC[C@@H]21.CC(C)N1CC[C@H](CN)C1.CC(C)N1CC[C@H](N)C1.CC(C)N1C[C@@H]2CCN[C@@H]2C1.CC[C@H]1CCCN(C(C)C)C1.CN[C@H]1CCN(C(C)C)C1. The predicted octanol–water partition coefficient (Wildman–Crippen LogP) is 6.75. The van der Waals surface area contributed by atoms with Crippen LogP contribution in [0.1, 0.15) is 168 Å². The lowest BCUT2D eigenvalue weighted by Gasteiger charge is -2.34. The molecule has 0 unspecified atom stereocenters. The third kappa shape index (κ3) is 24.2. The second kappa shape index (κ2) is 35.9. The van der Waals surface area contributed by atoms with E-state index in [1.807, 2.05) is 0 Å². The third-order valence-electron chi connectivity index (χ3n) is 18.5. The van der Waals surface area contributed by atoms with Crippen LogP contribution in [-0.4, -0.2) is 226 Å². The first-order valence-electron chi connectivity index (χ1n) is 31.2. The number of hydrogen-bond acceptors (Lipinski definition) is 13. The fraction of sp³-hybridized carbons (Fsp3) is 1.00. The molecule has 0 radical (unpaired) electrons. The Balaban J connectivity index is 0.000000225. The summed E-state index contributed by atoms with van der Waals surface area (Å²) in [6.07, 6.45) is 13.5. The number of likely N-dealkylation sites (N-methyl/N-ethyl adjacent to an activating group) is 1. The minimum atomic E-state index is 0.437.